The lowest BCUT2D eigenvalue weighted by Gasteiger charge is -2.25. The second kappa shape index (κ2) is 9.93. The smallest absolute Gasteiger partial charge is 0.314 e. The number of carbonyl (C=O) groups is 1. The number of rotatable bonds is 7. The van der Waals surface area contributed by atoms with E-state index in [0.717, 1.165) is 32.1 Å². The van der Waals surface area contributed by atoms with Crippen LogP contribution < -0.4 is 4.74 Å². The molecule has 0 aliphatic heterocycles. The summed E-state index contributed by atoms with van der Waals surface area (Å²) in [6, 6.07) is 9.95. The van der Waals surface area contributed by atoms with Crippen LogP contribution in [-0.2, 0) is 11.2 Å². The molecule has 0 aromatic heterocycles. The van der Waals surface area contributed by atoms with E-state index in [1.54, 1.807) is 6.08 Å². The van der Waals surface area contributed by atoms with Gasteiger partial charge in [-0.15, -0.1) is 0 Å². The predicted octanol–water partition coefficient (Wildman–Crippen LogP) is 5.21. The molecule has 0 unspecified atom stereocenters. The maximum absolute atomic E-state index is 12.3. The van der Waals surface area contributed by atoms with Crippen LogP contribution in [0.3, 0.4) is 0 Å². The van der Waals surface area contributed by atoms with E-state index in [4.69, 9.17) is 10.00 Å². The summed E-state index contributed by atoms with van der Waals surface area (Å²) in [5.74, 6) is 0.944. The van der Waals surface area contributed by atoms with Gasteiger partial charge < -0.3 is 4.74 Å². The summed E-state index contributed by atoms with van der Waals surface area (Å²) >= 11 is 0. The van der Waals surface area contributed by atoms with Gasteiger partial charge in [0.15, 0.2) is 0 Å². The summed E-state index contributed by atoms with van der Waals surface area (Å²) < 4.78 is 5.54. The van der Waals surface area contributed by atoms with E-state index in [1.165, 1.54) is 24.8 Å². The summed E-state index contributed by atoms with van der Waals surface area (Å²) in [7, 11) is 0. The normalized spacial score (nSPS) is 20.7. The topological polar surface area (TPSA) is 50.1 Å². The van der Waals surface area contributed by atoms with Crippen LogP contribution in [0.5, 0.6) is 5.75 Å². The number of nitrogens with zero attached hydrogens (tertiary/aromatic N) is 1. The van der Waals surface area contributed by atoms with Crippen molar-refractivity contribution in [1.82, 2.24) is 0 Å². The Morgan fingerprint density at radius 3 is 2.54 bits per heavy atom. The van der Waals surface area contributed by atoms with E-state index in [9.17, 15) is 4.79 Å². The molecule has 1 aromatic carbocycles. The molecule has 1 fully saturated rings. The summed E-state index contributed by atoms with van der Waals surface area (Å²) in [4.78, 5) is 12.3. The third kappa shape index (κ3) is 5.85. The number of nitriles is 1. The molecule has 0 saturated heterocycles. The molecule has 1 aliphatic rings. The lowest BCUT2D eigenvalue weighted by atomic mass is 9.82. The third-order valence-corrected chi connectivity index (χ3v) is 4.76. The Kier molecular flexibility index (Phi) is 7.55. The molecule has 0 N–H and O–H groups in total. The first kappa shape index (κ1) is 18.3. The van der Waals surface area contributed by atoms with Crippen molar-refractivity contribution in [1.29, 1.82) is 5.26 Å². The van der Waals surface area contributed by atoms with Gasteiger partial charge in [-0.3, -0.25) is 4.79 Å². The van der Waals surface area contributed by atoms with E-state index in [0.29, 0.717) is 11.7 Å². The van der Waals surface area contributed by atoms with Crippen LogP contribution in [0, 0.1) is 23.2 Å². The summed E-state index contributed by atoms with van der Waals surface area (Å²) in [6.45, 7) is 2.20. The molecule has 1 aromatic rings. The highest BCUT2D eigenvalue weighted by atomic mass is 16.5. The quantitative estimate of drug-likeness (QED) is 0.299. The number of benzene rings is 1. The van der Waals surface area contributed by atoms with Gasteiger partial charge in [0.05, 0.1) is 12.0 Å². The molecule has 2 rings (SSSR count). The van der Waals surface area contributed by atoms with E-state index in [2.05, 4.69) is 19.1 Å². The van der Waals surface area contributed by atoms with Crippen molar-refractivity contribution in [3.8, 4) is 11.8 Å². The Hall–Kier alpha value is -2.08. The van der Waals surface area contributed by atoms with Crippen molar-refractivity contribution < 1.29 is 9.53 Å². The van der Waals surface area contributed by atoms with Crippen molar-refractivity contribution >= 4 is 5.97 Å². The molecule has 24 heavy (non-hydrogen) atoms. The van der Waals surface area contributed by atoms with Crippen LogP contribution >= 0.6 is 0 Å². The van der Waals surface area contributed by atoms with Crippen LogP contribution in [0.2, 0.25) is 0 Å². The number of esters is 1. The van der Waals surface area contributed by atoms with Crippen LogP contribution in [0.15, 0.2) is 36.4 Å². The van der Waals surface area contributed by atoms with Gasteiger partial charge in [-0.1, -0.05) is 38.0 Å². The van der Waals surface area contributed by atoms with Gasteiger partial charge in [-0.05, 0) is 62.1 Å². The number of ether oxygens (including phenoxy) is 1. The van der Waals surface area contributed by atoms with Crippen molar-refractivity contribution in [2.45, 2.75) is 58.3 Å². The van der Waals surface area contributed by atoms with Crippen LogP contribution in [0.1, 0.15) is 57.4 Å². The second-order valence-electron chi connectivity index (χ2n) is 6.62. The lowest BCUT2D eigenvalue weighted by molar-refractivity contribution is -0.140. The van der Waals surface area contributed by atoms with Crippen molar-refractivity contribution in [2.75, 3.05) is 0 Å². The highest BCUT2D eigenvalue weighted by Gasteiger charge is 2.26. The van der Waals surface area contributed by atoms with E-state index < -0.39 is 0 Å². The monoisotopic (exact) mass is 325 g/mol. The zero-order valence-corrected chi connectivity index (χ0v) is 14.5. The average Bonchev–Trinajstić information content (AvgIpc) is 2.62. The van der Waals surface area contributed by atoms with Gasteiger partial charge in [0.1, 0.15) is 5.75 Å². The molecule has 3 heteroatoms. The van der Waals surface area contributed by atoms with Gasteiger partial charge in [0, 0.05) is 6.08 Å². The fourth-order valence-corrected chi connectivity index (χ4v) is 3.23. The molecule has 0 amide bonds. The number of unbranched alkanes of at least 4 members (excludes halogenated alkanes) is 2. The molecule has 0 bridgehead atoms. The molecular weight excluding hydrogens is 298 g/mol. The Bertz CT molecular complexity index is 575. The van der Waals surface area contributed by atoms with E-state index >= 15 is 0 Å². The SMILES string of the molecule is CCCCCc1ccc(OC(=O)C2CCC(/C=C/C#N)CC2)cc1. The number of hydrogen-bond donors (Lipinski definition) is 0. The van der Waals surface area contributed by atoms with Gasteiger partial charge in [0.2, 0.25) is 0 Å². The van der Waals surface area contributed by atoms with Crippen LogP contribution in [0.4, 0.5) is 0 Å². The molecule has 3 nitrogen and oxygen atoms in total. The van der Waals surface area contributed by atoms with E-state index in [1.807, 2.05) is 24.3 Å². The van der Waals surface area contributed by atoms with Gasteiger partial charge in [-0.25, -0.2) is 0 Å². The number of hydrogen-bond acceptors (Lipinski definition) is 3. The van der Waals surface area contributed by atoms with Gasteiger partial charge in [0.25, 0.3) is 0 Å². The minimum Gasteiger partial charge on any atom is -0.426 e. The molecular formula is C21H27NO2. The summed E-state index contributed by atoms with van der Waals surface area (Å²) in [5.41, 5.74) is 1.30. The number of allylic oxidation sites excluding steroid dienone is 2. The van der Waals surface area contributed by atoms with Crippen LogP contribution in [0.25, 0.3) is 0 Å². The number of carbonyl (C=O) groups excluding carboxylic acids is 1. The minimum absolute atomic E-state index is 0.0130. The first-order chi connectivity index (χ1) is 11.7. The average molecular weight is 325 g/mol. The minimum atomic E-state index is -0.114. The zero-order chi connectivity index (χ0) is 17.2. The predicted molar refractivity (Wildman–Crippen MR) is 95.5 cm³/mol. The molecule has 0 spiro atoms. The van der Waals surface area contributed by atoms with Crippen molar-refractivity contribution in [3.05, 3.63) is 42.0 Å². The zero-order valence-electron chi connectivity index (χ0n) is 14.5. The summed E-state index contributed by atoms with van der Waals surface area (Å²) in [5, 5.41) is 8.57. The largest absolute Gasteiger partial charge is 0.426 e. The maximum atomic E-state index is 12.3. The molecule has 0 radical (unpaired) electrons. The third-order valence-electron chi connectivity index (χ3n) is 4.76. The van der Waals surface area contributed by atoms with Gasteiger partial charge in [-0.2, -0.15) is 5.26 Å². The Balaban J connectivity index is 1.78. The second-order valence-corrected chi connectivity index (χ2v) is 6.62. The highest BCUT2D eigenvalue weighted by molar-refractivity contribution is 5.75. The lowest BCUT2D eigenvalue weighted by Crippen LogP contribution is -2.25. The highest BCUT2D eigenvalue weighted by Crippen LogP contribution is 2.30. The van der Waals surface area contributed by atoms with Gasteiger partial charge >= 0.3 is 5.97 Å². The fraction of sp³-hybridized carbons (Fsp3) is 0.524. The first-order valence-electron chi connectivity index (χ1n) is 9.10. The Morgan fingerprint density at radius 1 is 1.21 bits per heavy atom. The molecule has 1 saturated carbocycles. The molecule has 128 valence electrons. The summed E-state index contributed by atoms with van der Waals surface area (Å²) in [6.07, 6.45) is 11.9. The standard InChI is InChI=1S/C21H27NO2/c1-2-3-4-6-17-10-14-20(15-11-17)24-21(23)19-12-8-18(9-13-19)7-5-16-22/h5,7,10-11,14-15,18-19H,2-4,6,8-9,12-13H2,1H3/b7-5+. The van der Waals surface area contributed by atoms with Crippen LogP contribution in [-0.4, -0.2) is 5.97 Å². The Labute approximate surface area is 145 Å². The maximum Gasteiger partial charge on any atom is 0.314 e. The fourth-order valence-electron chi connectivity index (χ4n) is 3.23. The van der Waals surface area contributed by atoms with Crippen molar-refractivity contribution in [2.24, 2.45) is 11.8 Å². The molecule has 0 atom stereocenters. The molecule has 1 aliphatic carbocycles. The number of aryl methyl sites for hydroxylation is 1. The van der Waals surface area contributed by atoms with E-state index in [-0.39, 0.29) is 11.9 Å². The van der Waals surface area contributed by atoms with Crippen molar-refractivity contribution in [3.63, 3.8) is 0 Å². The first-order valence-corrected chi connectivity index (χ1v) is 9.10. The Morgan fingerprint density at radius 2 is 1.92 bits per heavy atom. The molecule has 0 heterocycles.